The Bertz CT molecular complexity index is 724. The van der Waals surface area contributed by atoms with Gasteiger partial charge in [-0.15, -0.1) is 0 Å². The van der Waals surface area contributed by atoms with Crippen LogP contribution in [0.4, 0.5) is 10.2 Å². The number of hydrogen-bond acceptors (Lipinski definition) is 5. The van der Waals surface area contributed by atoms with Crippen molar-refractivity contribution in [1.82, 2.24) is 15.1 Å². The third kappa shape index (κ3) is 2.64. The van der Waals surface area contributed by atoms with E-state index >= 15 is 0 Å². The van der Waals surface area contributed by atoms with Gasteiger partial charge < -0.3 is 10.3 Å². The number of rotatable bonds is 3. The topological polar surface area (TPSA) is 77.8 Å². The lowest BCUT2D eigenvalue weighted by Crippen LogP contribution is -1.92. The first kappa shape index (κ1) is 12.3. The van der Waals surface area contributed by atoms with Gasteiger partial charge in [0.25, 0.3) is 5.89 Å². The van der Waals surface area contributed by atoms with E-state index in [9.17, 15) is 4.39 Å². The van der Waals surface area contributed by atoms with Gasteiger partial charge in [0, 0.05) is 18.2 Å². The summed E-state index contributed by atoms with van der Waals surface area (Å²) in [6, 6.07) is 9.59. The molecule has 0 atom stereocenters. The van der Waals surface area contributed by atoms with Crippen LogP contribution < -0.4 is 5.73 Å². The molecule has 2 heterocycles. The molecule has 2 aromatic heterocycles. The van der Waals surface area contributed by atoms with Gasteiger partial charge in [0.05, 0.1) is 0 Å². The van der Waals surface area contributed by atoms with Crippen molar-refractivity contribution in [3.63, 3.8) is 0 Å². The Labute approximate surface area is 114 Å². The van der Waals surface area contributed by atoms with E-state index in [0.29, 0.717) is 24.0 Å². The molecule has 2 N–H and O–H groups in total. The normalized spacial score (nSPS) is 10.7. The van der Waals surface area contributed by atoms with E-state index in [2.05, 4.69) is 15.1 Å². The van der Waals surface area contributed by atoms with Crippen molar-refractivity contribution in [2.24, 2.45) is 0 Å². The molecule has 0 radical (unpaired) electrons. The molecule has 6 heteroatoms. The van der Waals surface area contributed by atoms with E-state index in [-0.39, 0.29) is 5.82 Å². The first-order valence-electron chi connectivity index (χ1n) is 5.99. The molecule has 3 aromatic rings. The fourth-order valence-corrected chi connectivity index (χ4v) is 1.81. The van der Waals surface area contributed by atoms with Crippen LogP contribution in [-0.4, -0.2) is 15.1 Å². The minimum atomic E-state index is -0.269. The van der Waals surface area contributed by atoms with Crippen LogP contribution in [-0.2, 0) is 6.42 Å². The third-order valence-corrected chi connectivity index (χ3v) is 2.77. The fraction of sp³-hybridized carbons (Fsp3) is 0.0714. The average Bonchev–Trinajstić information content (AvgIpc) is 2.90. The molecule has 0 aliphatic heterocycles. The lowest BCUT2D eigenvalue weighted by atomic mass is 10.1. The second-order valence-electron chi connectivity index (χ2n) is 4.29. The van der Waals surface area contributed by atoms with E-state index in [1.807, 2.05) is 0 Å². The highest BCUT2D eigenvalue weighted by atomic mass is 19.1. The van der Waals surface area contributed by atoms with Gasteiger partial charge in [0.1, 0.15) is 11.6 Å². The molecule has 0 unspecified atom stereocenters. The van der Waals surface area contributed by atoms with Crippen LogP contribution in [0, 0.1) is 5.82 Å². The van der Waals surface area contributed by atoms with E-state index in [4.69, 9.17) is 10.3 Å². The molecule has 3 rings (SSSR count). The third-order valence-electron chi connectivity index (χ3n) is 2.77. The van der Waals surface area contributed by atoms with Crippen molar-refractivity contribution in [3.8, 4) is 11.5 Å². The van der Waals surface area contributed by atoms with Crippen LogP contribution in [0.3, 0.4) is 0 Å². The molecule has 5 nitrogen and oxygen atoms in total. The molecule has 0 saturated carbocycles. The quantitative estimate of drug-likeness (QED) is 0.790. The van der Waals surface area contributed by atoms with E-state index in [1.54, 1.807) is 30.5 Å². The van der Waals surface area contributed by atoms with E-state index in [1.165, 1.54) is 12.1 Å². The Hall–Kier alpha value is -2.76. The second-order valence-corrected chi connectivity index (χ2v) is 4.29. The van der Waals surface area contributed by atoms with E-state index in [0.717, 1.165) is 11.1 Å². The summed E-state index contributed by atoms with van der Waals surface area (Å²) in [6.07, 6.45) is 2.05. The average molecular weight is 270 g/mol. The van der Waals surface area contributed by atoms with Gasteiger partial charge in [-0.3, -0.25) is 0 Å². The molecule has 1 aromatic carbocycles. The van der Waals surface area contributed by atoms with Crippen molar-refractivity contribution in [1.29, 1.82) is 0 Å². The molecule has 0 aliphatic rings. The van der Waals surface area contributed by atoms with Crippen molar-refractivity contribution in [2.75, 3.05) is 5.73 Å². The fourth-order valence-electron chi connectivity index (χ4n) is 1.81. The number of anilines is 1. The largest absolute Gasteiger partial charge is 0.384 e. The second kappa shape index (κ2) is 5.08. The Morgan fingerprint density at radius 2 is 1.95 bits per heavy atom. The molecule has 0 fully saturated rings. The molecule has 0 amide bonds. The predicted octanol–water partition coefficient (Wildman–Crippen LogP) is 2.44. The summed E-state index contributed by atoms with van der Waals surface area (Å²) in [5, 5.41) is 3.90. The summed E-state index contributed by atoms with van der Waals surface area (Å²) >= 11 is 0. The van der Waals surface area contributed by atoms with Crippen LogP contribution in [0.2, 0.25) is 0 Å². The van der Waals surface area contributed by atoms with Gasteiger partial charge >= 0.3 is 0 Å². The Morgan fingerprint density at radius 1 is 1.15 bits per heavy atom. The number of nitrogens with zero attached hydrogens (tertiary/aromatic N) is 3. The predicted molar refractivity (Wildman–Crippen MR) is 71.1 cm³/mol. The molecule has 0 bridgehead atoms. The van der Waals surface area contributed by atoms with Crippen LogP contribution in [0.1, 0.15) is 11.4 Å². The number of benzene rings is 1. The lowest BCUT2D eigenvalue weighted by Gasteiger charge is -1.96. The highest BCUT2D eigenvalue weighted by Crippen LogP contribution is 2.19. The number of hydrogen-bond donors (Lipinski definition) is 1. The summed E-state index contributed by atoms with van der Waals surface area (Å²) in [5.74, 6) is 1.04. The molecule has 0 saturated heterocycles. The van der Waals surface area contributed by atoms with Crippen molar-refractivity contribution in [2.45, 2.75) is 6.42 Å². The smallest absolute Gasteiger partial charge is 0.258 e. The number of pyridine rings is 1. The monoisotopic (exact) mass is 270 g/mol. The van der Waals surface area contributed by atoms with Crippen LogP contribution >= 0.6 is 0 Å². The van der Waals surface area contributed by atoms with Crippen LogP contribution in [0.15, 0.2) is 47.1 Å². The summed E-state index contributed by atoms with van der Waals surface area (Å²) in [7, 11) is 0. The zero-order chi connectivity index (χ0) is 13.9. The molecule has 0 aliphatic carbocycles. The van der Waals surface area contributed by atoms with Gasteiger partial charge in [0.2, 0.25) is 0 Å². The van der Waals surface area contributed by atoms with Gasteiger partial charge in [-0.2, -0.15) is 4.98 Å². The highest BCUT2D eigenvalue weighted by Gasteiger charge is 2.09. The standard InChI is InChI=1S/C14H11FN4O/c15-11-3-1-9(2-4-11)7-13-18-14(20-19-13)10-5-6-17-12(16)8-10/h1-6,8H,7H2,(H2,16,17). The maximum absolute atomic E-state index is 12.8. The van der Waals surface area contributed by atoms with Gasteiger partial charge in [-0.1, -0.05) is 17.3 Å². The van der Waals surface area contributed by atoms with Gasteiger partial charge in [-0.25, -0.2) is 9.37 Å². The summed E-state index contributed by atoms with van der Waals surface area (Å²) in [4.78, 5) is 8.18. The van der Waals surface area contributed by atoms with Crippen LogP contribution in [0.25, 0.3) is 11.5 Å². The van der Waals surface area contributed by atoms with Crippen LogP contribution in [0.5, 0.6) is 0 Å². The summed E-state index contributed by atoms with van der Waals surface area (Å²) in [5.41, 5.74) is 7.23. The summed E-state index contributed by atoms with van der Waals surface area (Å²) < 4.78 is 18.0. The van der Waals surface area contributed by atoms with E-state index < -0.39 is 0 Å². The van der Waals surface area contributed by atoms with Gasteiger partial charge in [-0.05, 0) is 29.8 Å². The van der Waals surface area contributed by atoms with Crippen molar-refractivity contribution >= 4 is 5.82 Å². The van der Waals surface area contributed by atoms with Crippen molar-refractivity contribution in [3.05, 3.63) is 59.8 Å². The molecular weight excluding hydrogens is 259 g/mol. The number of nitrogen functional groups attached to an aromatic ring is 1. The Kier molecular flexibility index (Phi) is 3.12. The zero-order valence-corrected chi connectivity index (χ0v) is 10.5. The molecule has 100 valence electrons. The molecule has 20 heavy (non-hydrogen) atoms. The molecular formula is C14H11FN4O. The maximum atomic E-state index is 12.8. The first-order chi connectivity index (χ1) is 9.70. The Balaban J connectivity index is 1.82. The highest BCUT2D eigenvalue weighted by molar-refractivity contribution is 5.56. The first-order valence-corrected chi connectivity index (χ1v) is 5.99. The maximum Gasteiger partial charge on any atom is 0.258 e. The minimum Gasteiger partial charge on any atom is -0.384 e. The summed E-state index contributed by atoms with van der Waals surface area (Å²) in [6.45, 7) is 0. The van der Waals surface area contributed by atoms with Crippen molar-refractivity contribution < 1.29 is 8.91 Å². The number of halogens is 1. The molecule has 0 spiro atoms. The van der Waals surface area contributed by atoms with Gasteiger partial charge in [0.15, 0.2) is 5.82 Å². The number of aromatic nitrogens is 3. The Morgan fingerprint density at radius 3 is 2.70 bits per heavy atom. The lowest BCUT2D eigenvalue weighted by molar-refractivity contribution is 0.424. The zero-order valence-electron chi connectivity index (χ0n) is 10.5. The number of nitrogens with two attached hydrogens (primary N) is 1. The minimum absolute atomic E-state index is 0.269. The SMILES string of the molecule is Nc1cc(-c2nc(Cc3ccc(F)cc3)no2)ccn1.